The molecule has 7 nitrogen and oxygen atoms in total. The van der Waals surface area contributed by atoms with Crippen LogP contribution in [0.4, 0.5) is 11.4 Å². The number of pyridine rings is 1. The molecule has 254 valence electrons. The third kappa shape index (κ3) is 10.0. The molecule has 9 heteroatoms. The normalized spacial score (nSPS) is 11.3. The summed E-state index contributed by atoms with van der Waals surface area (Å²) in [6.45, 7) is 1.97. The van der Waals surface area contributed by atoms with Gasteiger partial charge in [0.2, 0.25) is 0 Å². The molecule has 0 bridgehead atoms. The summed E-state index contributed by atoms with van der Waals surface area (Å²) in [5.41, 5.74) is 5.04. The first-order valence-corrected chi connectivity index (χ1v) is 15.0. The van der Waals surface area contributed by atoms with Gasteiger partial charge in [-0.25, -0.2) is 24.2 Å². The van der Waals surface area contributed by atoms with Crippen molar-refractivity contribution in [3.63, 3.8) is 0 Å². The van der Waals surface area contributed by atoms with Gasteiger partial charge in [-0.15, -0.1) is 53.7 Å². The second-order valence-corrected chi connectivity index (χ2v) is 10.8. The van der Waals surface area contributed by atoms with Crippen molar-refractivity contribution in [2.75, 3.05) is 30.9 Å². The Bertz CT molecular complexity index is 2040. The second-order valence-electron chi connectivity index (χ2n) is 10.8. The van der Waals surface area contributed by atoms with Crippen LogP contribution in [-0.2, 0) is 42.1 Å². The minimum Gasteiger partial charge on any atom is -0.669 e. The second kappa shape index (κ2) is 18.1. The smallest absolute Gasteiger partial charge is 0.669 e. The summed E-state index contributed by atoms with van der Waals surface area (Å²) in [7, 11) is 5.96. The van der Waals surface area contributed by atoms with Crippen LogP contribution in [0.25, 0.3) is 22.4 Å². The van der Waals surface area contributed by atoms with E-state index in [9.17, 15) is 0 Å². The van der Waals surface area contributed by atoms with E-state index in [1.807, 2.05) is 146 Å². The zero-order valence-corrected chi connectivity index (χ0v) is 31.9. The molecule has 0 fully saturated rings. The summed E-state index contributed by atoms with van der Waals surface area (Å²) in [6, 6.07) is 47.3. The summed E-state index contributed by atoms with van der Waals surface area (Å²) in [6.07, 6.45) is 15.7. The maximum absolute atomic E-state index is 6.57. The molecule has 0 unspecified atom stereocenters. The van der Waals surface area contributed by atoms with Gasteiger partial charge in [0.05, 0.1) is 0 Å². The molecule has 0 saturated heterocycles. The average molecular weight is 1010 g/mol. The number of para-hydroxylation sites is 1. The van der Waals surface area contributed by atoms with Gasteiger partial charge in [-0.1, -0.05) is 24.0 Å². The van der Waals surface area contributed by atoms with Crippen LogP contribution in [-0.4, -0.2) is 35.6 Å². The van der Waals surface area contributed by atoms with Gasteiger partial charge in [-0.2, -0.15) is 43.1 Å². The minimum absolute atomic E-state index is 0. The van der Waals surface area contributed by atoms with Crippen LogP contribution in [0.1, 0.15) is 0 Å². The van der Waals surface area contributed by atoms with Crippen molar-refractivity contribution < 1.29 is 51.6 Å². The van der Waals surface area contributed by atoms with Gasteiger partial charge in [0.15, 0.2) is 0 Å². The quantitative estimate of drug-likeness (QED) is 0.113. The van der Waals surface area contributed by atoms with E-state index in [0.29, 0.717) is 23.0 Å². The fourth-order valence-electron chi connectivity index (χ4n) is 4.66. The first kappa shape index (κ1) is 37.8. The molecule has 4 aromatic carbocycles. The van der Waals surface area contributed by atoms with Gasteiger partial charge >= 0.3 is 21.1 Å². The van der Waals surface area contributed by atoms with E-state index < -0.39 is 0 Å². The van der Waals surface area contributed by atoms with E-state index in [0.717, 1.165) is 33.8 Å². The number of anilines is 2. The van der Waals surface area contributed by atoms with Gasteiger partial charge < -0.3 is 40.1 Å². The van der Waals surface area contributed by atoms with E-state index >= 15 is 0 Å². The minimum atomic E-state index is 0. The maximum atomic E-state index is 6.57. The predicted molar refractivity (Wildman–Crippen MR) is 187 cm³/mol. The zero-order valence-electron chi connectivity index (χ0n) is 27.3. The Morgan fingerprint density at radius 2 is 1.48 bits per heavy atom. The van der Waals surface area contributed by atoms with Crippen molar-refractivity contribution in [1.82, 2.24) is 14.5 Å². The molecule has 0 N–H and O–H groups in total. The molecular weight excluding hydrogens is 985 g/mol. The summed E-state index contributed by atoms with van der Waals surface area (Å²) in [5, 5.41) is 0. The molecule has 1 aliphatic heterocycles. The zero-order chi connectivity index (χ0) is 33.3. The Labute approximate surface area is 323 Å². The number of nitrogens with zero attached hydrogens (tertiary/aromatic N) is 5. The van der Waals surface area contributed by atoms with E-state index in [-0.39, 0.29) is 42.1 Å². The van der Waals surface area contributed by atoms with Crippen LogP contribution < -0.4 is 19.3 Å². The molecule has 7 rings (SSSR count). The Balaban J connectivity index is 0.000000559. The summed E-state index contributed by atoms with van der Waals surface area (Å²) >= 11 is 0. The predicted octanol–water partition coefficient (Wildman–Crippen LogP) is 8.29. The van der Waals surface area contributed by atoms with Crippen molar-refractivity contribution in [1.29, 1.82) is 0 Å². The molecule has 1 aliphatic rings. The topological polar surface area (TPSA) is 46.0 Å². The number of hydrogen-bond acceptors (Lipinski definition) is 6. The molecule has 6 aromatic rings. The number of hydrogen-bond donors (Lipinski definition) is 0. The molecule has 0 atom stereocenters. The van der Waals surface area contributed by atoms with Gasteiger partial charge in [0.1, 0.15) is 0 Å². The molecule has 0 aliphatic carbocycles. The van der Waals surface area contributed by atoms with Gasteiger partial charge in [0.25, 0.3) is 0 Å². The fourth-order valence-corrected chi connectivity index (χ4v) is 4.66. The van der Waals surface area contributed by atoms with Crippen molar-refractivity contribution in [3.05, 3.63) is 165 Å². The number of aromatic nitrogens is 2. The third-order valence-electron chi connectivity index (χ3n) is 7.04. The molecule has 0 spiro atoms. The SMILES string of the molecule is CN1C=CN(c2[c-]c(Oc3[c-]c(-c4cc(-c5[c-]c(Oc6[c-]cccc6)ccc5)[c-]cn4)cc(N(C)C)c3)ccc2)[CH-]1.[C-]#Cn1cccc1.[Pt+4].[Pt]. The number of rotatable bonds is 8. The molecule has 0 amide bonds. The maximum Gasteiger partial charge on any atom is 4.00 e. The van der Waals surface area contributed by atoms with Crippen molar-refractivity contribution in [3.8, 4) is 51.4 Å². The van der Waals surface area contributed by atoms with Gasteiger partial charge in [-0.3, -0.25) is 11.1 Å². The van der Waals surface area contributed by atoms with Crippen LogP contribution in [0.2, 0.25) is 0 Å². The van der Waals surface area contributed by atoms with E-state index in [2.05, 4.69) is 41.4 Å². The molecule has 2 aromatic heterocycles. The van der Waals surface area contributed by atoms with Gasteiger partial charge in [0, 0.05) is 70.6 Å². The Hall–Kier alpha value is -5.01. The summed E-state index contributed by atoms with van der Waals surface area (Å²) < 4.78 is 13.7. The third-order valence-corrected chi connectivity index (χ3v) is 7.04. The number of benzene rings is 4. The van der Waals surface area contributed by atoms with Crippen LogP contribution in [0.15, 0.2) is 122 Å². The van der Waals surface area contributed by atoms with Crippen molar-refractivity contribution in [2.24, 2.45) is 0 Å². The average Bonchev–Trinajstić information content (AvgIpc) is 3.81. The van der Waals surface area contributed by atoms with E-state index in [1.54, 1.807) is 23.2 Å². The van der Waals surface area contributed by atoms with Crippen LogP contribution >= 0.6 is 0 Å². The summed E-state index contributed by atoms with van der Waals surface area (Å²) in [4.78, 5) is 10.6. The molecule has 0 radical (unpaired) electrons. The van der Waals surface area contributed by atoms with E-state index in [4.69, 9.17) is 15.9 Å². The van der Waals surface area contributed by atoms with Crippen LogP contribution in [0, 0.1) is 49.5 Å². The van der Waals surface area contributed by atoms with Crippen molar-refractivity contribution in [2.45, 2.75) is 0 Å². The van der Waals surface area contributed by atoms with Crippen LogP contribution in [0.5, 0.6) is 23.0 Å². The largest absolute Gasteiger partial charge is 4.00 e. The molecule has 50 heavy (non-hydrogen) atoms. The van der Waals surface area contributed by atoms with Gasteiger partial charge in [-0.05, 0) is 37.3 Å². The standard InChI is InChI=1S/C35H26N4O2.C6H4N.2Pt/c1-37(2)30-19-28(21-34(24-30)41-33-14-8-10-29(23-33)39-18-17-38(3)25-39)35-22-27(15-16-36-35)26-9-7-13-32(20-26)40-31-11-5-4-6-12-31;1-2-7-5-3-4-6-7;;/h4-11,13-14,16-19,22,24-25H,1-3H3;3-6H;;/q-6;-1;;+4. The molecule has 3 heterocycles. The summed E-state index contributed by atoms with van der Waals surface area (Å²) in [5.74, 6) is 2.39. The fraction of sp³-hybridized carbons (Fsp3) is 0.0732. The first-order valence-electron chi connectivity index (χ1n) is 15.0. The van der Waals surface area contributed by atoms with Crippen LogP contribution in [0.3, 0.4) is 0 Å². The monoisotopic (exact) mass is 1010 g/mol. The molecule has 0 saturated carbocycles. The van der Waals surface area contributed by atoms with E-state index in [1.165, 1.54) is 0 Å². The first-order chi connectivity index (χ1) is 23.4. The molecular formula is C41H30N5O2Pt2-3. The van der Waals surface area contributed by atoms with Crippen molar-refractivity contribution >= 4 is 11.4 Å². The number of ether oxygens (including phenoxy) is 2. The Morgan fingerprint density at radius 3 is 2.16 bits per heavy atom. The Morgan fingerprint density at radius 1 is 0.760 bits per heavy atom. The Kier molecular flexibility index (Phi) is 13.7.